The second-order valence-electron chi connectivity index (χ2n) is 4.39. The number of hydrogen-bond acceptors (Lipinski definition) is 3. The van der Waals surface area contributed by atoms with E-state index in [9.17, 15) is 0 Å². The maximum absolute atomic E-state index is 6.17. The average Bonchev–Trinajstić information content (AvgIpc) is 2.97. The highest BCUT2D eigenvalue weighted by Gasteiger charge is 2.14. The Balaban J connectivity index is 2.14. The van der Waals surface area contributed by atoms with Gasteiger partial charge in [0.1, 0.15) is 11.5 Å². The first-order valence-electron chi connectivity index (χ1n) is 6.15. The molecule has 5 nitrogen and oxygen atoms in total. The molecule has 0 aliphatic carbocycles. The van der Waals surface area contributed by atoms with E-state index >= 15 is 0 Å². The molecule has 0 saturated carbocycles. The molecule has 0 amide bonds. The fourth-order valence-electron chi connectivity index (χ4n) is 2.10. The highest BCUT2D eigenvalue weighted by Crippen LogP contribution is 2.28. The molecule has 0 fully saturated rings. The van der Waals surface area contributed by atoms with Gasteiger partial charge in [-0.2, -0.15) is 5.10 Å². The zero-order valence-corrected chi connectivity index (χ0v) is 12.1. The molecule has 0 bridgehead atoms. The second kappa shape index (κ2) is 4.70. The number of nitrogens with two attached hydrogens (primary N) is 1. The summed E-state index contributed by atoms with van der Waals surface area (Å²) in [4.78, 5) is 4.59. The monoisotopic (exact) mass is 319 g/mol. The van der Waals surface area contributed by atoms with Crippen LogP contribution in [0.1, 0.15) is 13.3 Å². The van der Waals surface area contributed by atoms with Gasteiger partial charge < -0.3 is 5.73 Å². The molecule has 0 atom stereocenters. The van der Waals surface area contributed by atoms with Crippen LogP contribution in [0.15, 0.2) is 35.2 Å². The minimum absolute atomic E-state index is 0.632. The van der Waals surface area contributed by atoms with Gasteiger partial charge in [0.25, 0.3) is 0 Å². The molecule has 0 spiro atoms. The van der Waals surface area contributed by atoms with Gasteiger partial charge in [-0.25, -0.2) is 4.98 Å². The Kier molecular flexibility index (Phi) is 3.02. The average molecular weight is 320 g/mol. The Bertz CT molecular complexity index is 728. The van der Waals surface area contributed by atoms with Gasteiger partial charge in [-0.3, -0.25) is 9.08 Å². The lowest BCUT2D eigenvalue weighted by Gasteiger charge is -1.97. The number of halogens is 1. The maximum atomic E-state index is 6.17. The number of hydrogen-bond donors (Lipinski definition) is 1. The molecule has 2 N–H and O–H groups in total. The summed E-state index contributed by atoms with van der Waals surface area (Å²) in [6.45, 7) is 3.02. The smallest absolute Gasteiger partial charge is 0.153 e. The van der Waals surface area contributed by atoms with Gasteiger partial charge in [0.2, 0.25) is 0 Å². The third-order valence-electron chi connectivity index (χ3n) is 3.00. The fourth-order valence-corrected chi connectivity index (χ4v) is 2.53. The number of aromatic nitrogens is 4. The van der Waals surface area contributed by atoms with Gasteiger partial charge in [0.05, 0.1) is 10.7 Å². The van der Waals surface area contributed by atoms with E-state index < -0.39 is 0 Å². The van der Waals surface area contributed by atoms with Crippen LogP contribution in [0.2, 0.25) is 0 Å². The molecule has 0 saturated heterocycles. The highest BCUT2D eigenvalue weighted by atomic mass is 79.9. The van der Waals surface area contributed by atoms with Crippen LogP contribution in [0.4, 0.5) is 5.82 Å². The van der Waals surface area contributed by atoms with Gasteiger partial charge in [-0.15, -0.1) is 0 Å². The number of pyridine rings is 1. The number of rotatable bonds is 3. The predicted molar refractivity (Wildman–Crippen MR) is 78.8 cm³/mol. The fraction of sp³-hybridized carbons (Fsp3) is 0.231. The minimum atomic E-state index is 0.632. The zero-order chi connectivity index (χ0) is 13.4. The second-order valence-corrected chi connectivity index (χ2v) is 5.24. The van der Waals surface area contributed by atoms with E-state index in [4.69, 9.17) is 5.73 Å². The first-order chi connectivity index (χ1) is 9.20. The van der Waals surface area contributed by atoms with Crippen molar-refractivity contribution in [2.45, 2.75) is 19.9 Å². The summed E-state index contributed by atoms with van der Waals surface area (Å²) in [7, 11) is 0. The summed E-state index contributed by atoms with van der Waals surface area (Å²) in [5, 5.41) is 4.32. The van der Waals surface area contributed by atoms with Gasteiger partial charge in [-0.1, -0.05) is 6.92 Å². The van der Waals surface area contributed by atoms with Gasteiger partial charge in [0.15, 0.2) is 5.65 Å². The van der Waals surface area contributed by atoms with E-state index in [0.29, 0.717) is 5.82 Å². The lowest BCUT2D eigenvalue weighted by Crippen LogP contribution is -1.95. The van der Waals surface area contributed by atoms with E-state index in [-0.39, 0.29) is 0 Å². The van der Waals surface area contributed by atoms with Crippen LogP contribution in [-0.2, 0) is 6.54 Å². The van der Waals surface area contributed by atoms with Crippen molar-refractivity contribution in [3.63, 3.8) is 0 Å². The largest absolute Gasteiger partial charge is 0.383 e. The summed E-state index contributed by atoms with van der Waals surface area (Å²) in [5.41, 5.74) is 8.70. The zero-order valence-electron chi connectivity index (χ0n) is 10.5. The molecule has 98 valence electrons. The molecule has 0 aromatic carbocycles. The van der Waals surface area contributed by atoms with E-state index in [0.717, 1.165) is 34.3 Å². The van der Waals surface area contributed by atoms with E-state index in [1.54, 1.807) is 0 Å². The Labute approximate surface area is 119 Å². The van der Waals surface area contributed by atoms with E-state index in [2.05, 4.69) is 32.9 Å². The maximum Gasteiger partial charge on any atom is 0.153 e. The summed E-state index contributed by atoms with van der Waals surface area (Å²) in [6, 6.07) is 3.88. The summed E-state index contributed by atoms with van der Waals surface area (Å²) in [6.07, 6.45) is 6.74. The Morgan fingerprint density at radius 3 is 3.00 bits per heavy atom. The van der Waals surface area contributed by atoms with Crippen LogP contribution in [-0.4, -0.2) is 19.2 Å². The summed E-state index contributed by atoms with van der Waals surface area (Å²) in [5.74, 6) is 0.632. The topological polar surface area (TPSA) is 61.1 Å². The lowest BCUT2D eigenvalue weighted by molar-refractivity contribution is 0.603. The molecular formula is C13H14BrN5. The van der Waals surface area contributed by atoms with Crippen LogP contribution in [0.25, 0.3) is 16.9 Å². The van der Waals surface area contributed by atoms with Crippen molar-refractivity contribution in [2.24, 2.45) is 0 Å². The number of nitrogen functional groups attached to an aromatic ring is 1. The van der Waals surface area contributed by atoms with Crippen LogP contribution in [0.3, 0.4) is 0 Å². The third-order valence-corrected chi connectivity index (χ3v) is 3.62. The van der Waals surface area contributed by atoms with E-state index in [1.807, 2.05) is 39.8 Å². The van der Waals surface area contributed by atoms with Gasteiger partial charge >= 0.3 is 0 Å². The minimum Gasteiger partial charge on any atom is -0.383 e. The molecule has 3 aromatic rings. The van der Waals surface area contributed by atoms with Gasteiger partial charge in [-0.05, 0) is 34.5 Å². The molecule has 0 aliphatic heterocycles. The SMILES string of the molecule is CCCn1cc(-c2nc3c(Br)cccn3c2N)cn1. The summed E-state index contributed by atoms with van der Waals surface area (Å²) < 4.78 is 4.71. The number of imidazole rings is 1. The summed E-state index contributed by atoms with van der Waals surface area (Å²) >= 11 is 3.49. The van der Waals surface area contributed by atoms with E-state index in [1.165, 1.54) is 0 Å². The van der Waals surface area contributed by atoms with Crippen LogP contribution >= 0.6 is 15.9 Å². The van der Waals surface area contributed by atoms with Gasteiger partial charge in [0, 0.05) is 24.5 Å². The number of aryl methyl sites for hydroxylation is 1. The molecular weight excluding hydrogens is 306 g/mol. The predicted octanol–water partition coefficient (Wildman–Crippen LogP) is 2.95. The van der Waals surface area contributed by atoms with Crippen molar-refractivity contribution >= 4 is 27.4 Å². The van der Waals surface area contributed by atoms with Crippen molar-refractivity contribution in [3.05, 3.63) is 35.2 Å². The van der Waals surface area contributed by atoms with Crippen molar-refractivity contribution in [3.8, 4) is 11.3 Å². The molecule has 6 heteroatoms. The van der Waals surface area contributed by atoms with Crippen molar-refractivity contribution in [2.75, 3.05) is 5.73 Å². The lowest BCUT2D eigenvalue weighted by atomic mass is 10.2. The molecule has 3 heterocycles. The highest BCUT2D eigenvalue weighted by molar-refractivity contribution is 9.10. The normalized spacial score (nSPS) is 11.3. The molecule has 3 rings (SSSR count). The molecule has 0 aliphatic rings. The first-order valence-corrected chi connectivity index (χ1v) is 6.95. The number of nitrogens with zero attached hydrogens (tertiary/aromatic N) is 4. The quantitative estimate of drug-likeness (QED) is 0.807. The van der Waals surface area contributed by atoms with Crippen LogP contribution < -0.4 is 5.73 Å². The Morgan fingerprint density at radius 1 is 1.42 bits per heavy atom. The number of fused-ring (bicyclic) bond motifs is 1. The molecule has 19 heavy (non-hydrogen) atoms. The first kappa shape index (κ1) is 12.2. The molecule has 0 radical (unpaired) electrons. The standard InChI is InChI=1S/C13H14BrN5/c1-2-5-18-8-9(7-16-18)11-12(15)19-6-3-4-10(14)13(19)17-11/h3-4,6-8H,2,5,15H2,1H3. The van der Waals surface area contributed by atoms with Crippen molar-refractivity contribution in [1.29, 1.82) is 0 Å². The third kappa shape index (κ3) is 2.02. The van der Waals surface area contributed by atoms with Crippen LogP contribution in [0.5, 0.6) is 0 Å². The van der Waals surface area contributed by atoms with Crippen molar-refractivity contribution < 1.29 is 0 Å². The Morgan fingerprint density at radius 2 is 2.26 bits per heavy atom. The molecule has 0 unspecified atom stereocenters. The van der Waals surface area contributed by atoms with Crippen molar-refractivity contribution in [1.82, 2.24) is 19.2 Å². The Hall–Kier alpha value is -1.82. The molecule has 3 aromatic heterocycles. The number of anilines is 1. The van der Waals surface area contributed by atoms with Crippen LogP contribution in [0, 0.1) is 0 Å².